The fourth-order valence-corrected chi connectivity index (χ4v) is 2.85. The van der Waals surface area contributed by atoms with Gasteiger partial charge < -0.3 is 4.90 Å². The summed E-state index contributed by atoms with van der Waals surface area (Å²) in [5.41, 5.74) is 2.57. The molecule has 0 amide bonds. The van der Waals surface area contributed by atoms with E-state index in [0.29, 0.717) is 5.88 Å². The summed E-state index contributed by atoms with van der Waals surface area (Å²) in [6.07, 6.45) is 3.90. The third-order valence-electron chi connectivity index (χ3n) is 3.43. The lowest BCUT2D eigenvalue weighted by Crippen LogP contribution is -2.28. The zero-order chi connectivity index (χ0) is 13.1. The molecule has 1 aromatic carbocycles. The average molecular weight is 331 g/mol. The molecule has 0 bridgehead atoms. The van der Waals surface area contributed by atoms with Crippen LogP contribution >= 0.6 is 27.5 Å². The van der Waals surface area contributed by atoms with Crippen LogP contribution in [0.4, 0.5) is 5.69 Å². The normalized spacial score (nSPS) is 15.2. The maximum absolute atomic E-state index is 6.09. The standard InChI is InChI=1S/C15H21BrClN/c1-11(2)7-8-18(14-4-5-14)15-6-3-13(16)9-12(15)10-17/h3,6,9,11,14H,4-5,7-8,10H2,1-2H3. The van der Waals surface area contributed by atoms with Gasteiger partial charge in [0.25, 0.3) is 0 Å². The van der Waals surface area contributed by atoms with E-state index in [2.05, 4.69) is 52.9 Å². The predicted octanol–water partition coefficient (Wildman–Crippen LogP) is 5.20. The Morgan fingerprint density at radius 1 is 1.39 bits per heavy atom. The van der Waals surface area contributed by atoms with Gasteiger partial charge in [-0.25, -0.2) is 0 Å². The van der Waals surface area contributed by atoms with Gasteiger partial charge >= 0.3 is 0 Å². The number of halogens is 2. The summed E-state index contributed by atoms with van der Waals surface area (Å²) >= 11 is 9.61. The fourth-order valence-electron chi connectivity index (χ4n) is 2.22. The van der Waals surface area contributed by atoms with E-state index in [1.54, 1.807) is 0 Å². The molecule has 3 heteroatoms. The van der Waals surface area contributed by atoms with Crippen molar-refractivity contribution in [2.45, 2.75) is 45.0 Å². The van der Waals surface area contributed by atoms with E-state index in [9.17, 15) is 0 Å². The fraction of sp³-hybridized carbons (Fsp3) is 0.600. The predicted molar refractivity (Wildman–Crippen MR) is 83.5 cm³/mol. The highest BCUT2D eigenvalue weighted by molar-refractivity contribution is 9.10. The first kappa shape index (κ1) is 14.2. The zero-order valence-electron chi connectivity index (χ0n) is 11.1. The Kier molecular flexibility index (Phi) is 4.97. The second kappa shape index (κ2) is 6.29. The quantitative estimate of drug-likeness (QED) is 0.648. The van der Waals surface area contributed by atoms with Crippen LogP contribution in [-0.4, -0.2) is 12.6 Å². The van der Waals surface area contributed by atoms with Crippen molar-refractivity contribution in [2.75, 3.05) is 11.4 Å². The minimum absolute atomic E-state index is 0.583. The van der Waals surface area contributed by atoms with Crippen molar-refractivity contribution in [3.05, 3.63) is 28.2 Å². The molecular weight excluding hydrogens is 310 g/mol. The molecule has 0 radical (unpaired) electrons. The van der Waals surface area contributed by atoms with Crippen molar-refractivity contribution in [1.29, 1.82) is 0 Å². The second-order valence-corrected chi connectivity index (χ2v) is 6.70. The molecule has 1 nitrogen and oxygen atoms in total. The van der Waals surface area contributed by atoms with Crippen LogP contribution in [-0.2, 0) is 5.88 Å². The molecular formula is C15H21BrClN. The third-order valence-corrected chi connectivity index (χ3v) is 4.21. The Hall–Kier alpha value is -0.210. The molecule has 0 aliphatic heterocycles. The summed E-state index contributed by atoms with van der Waals surface area (Å²) in [6, 6.07) is 7.22. The molecule has 0 atom stereocenters. The van der Waals surface area contributed by atoms with E-state index in [4.69, 9.17) is 11.6 Å². The molecule has 1 aliphatic rings. The zero-order valence-corrected chi connectivity index (χ0v) is 13.5. The number of alkyl halides is 1. The largest absolute Gasteiger partial charge is 0.368 e. The molecule has 0 spiro atoms. The van der Waals surface area contributed by atoms with Crippen LogP contribution in [0.1, 0.15) is 38.7 Å². The van der Waals surface area contributed by atoms with E-state index in [1.165, 1.54) is 30.5 Å². The van der Waals surface area contributed by atoms with Gasteiger partial charge in [0.2, 0.25) is 0 Å². The molecule has 2 rings (SSSR count). The first-order valence-electron chi connectivity index (χ1n) is 6.73. The van der Waals surface area contributed by atoms with Crippen LogP contribution in [0.15, 0.2) is 22.7 Å². The van der Waals surface area contributed by atoms with E-state index >= 15 is 0 Å². The van der Waals surface area contributed by atoms with Gasteiger partial charge in [-0.05, 0) is 48.9 Å². The smallest absolute Gasteiger partial charge is 0.0494 e. The van der Waals surface area contributed by atoms with Gasteiger partial charge in [0, 0.05) is 28.6 Å². The lowest BCUT2D eigenvalue weighted by molar-refractivity contribution is 0.570. The topological polar surface area (TPSA) is 3.24 Å². The van der Waals surface area contributed by atoms with E-state index < -0.39 is 0 Å². The summed E-state index contributed by atoms with van der Waals surface area (Å²) < 4.78 is 1.11. The molecule has 0 heterocycles. The van der Waals surface area contributed by atoms with Crippen molar-refractivity contribution in [3.8, 4) is 0 Å². The number of hydrogen-bond donors (Lipinski definition) is 0. The summed E-state index contributed by atoms with van der Waals surface area (Å²) in [4.78, 5) is 2.56. The molecule has 1 saturated carbocycles. The number of anilines is 1. The second-order valence-electron chi connectivity index (χ2n) is 5.51. The molecule has 0 N–H and O–H groups in total. The minimum Gasteiger partial charge on any atom is -0.368 e. The molecule has 18 heavy (non-hydrogen) atoms. The van der Waals surface area contributed by atoms with Gasteiger partial charge in [-0.15, -0.1) is 11.6 Å². The highest BCUT2D eigenvalue weighted by Crippen LogP contribution is 2.35. The monoisotopic (exact) mass is 329 g/mol. The maximum Gasteiger partial charge on any atom is 0.0494 e. The third kappa shape index (κ3) is 3.64. The summed E-state index contributed by atoms with van der Waals surface area (Å²) in [6.45, 7) is 5.72. The van der Waals surface area contributed by atoms with Gasteiger partial charge in [0.05, 0.1) is 0 Å². The van der Waals surface area contributed by atoms with Crippen LogP contribution in [0.2, 0.25) is 0 Å². The number of nitrogens with zero attached hydrogens (tertiary/aromatic N) is 1. The van der Waals surface area contributed by atoms with Gasteiger partial charge in [0.1, 0.15) is 0 Å². The van der Waals surface area contributed by atoms with Crippen LogP contribution in [0, 0.1) is 5.92 Å². The Balaban J connectivity index is 2.19. The van der Waals surface area contributed by atoms with Crippen LogP contribution in [0.5, 0.6) is 0 Å². The van der Waals surface area contributed by atoms with Crippen molar-refractivity contribution in [1.82, 2.24) is 0 Å². The van der Waals surface area contributed by atoms with E-state index in [0.717, 1.165) is 23.0 Å². The molecule has 1 fully saturated rings. The molecule has 100 valence electrons. The van der Waals surface area contributed by atoms with Gasteiger partial charge in [0.15, 0.2) is 0 Å². The Morgan fingerprint density at radius 2 is 2.11 bits per heavy atom. The van der Waals surface area contributed by atoms with Gasteiger partial charge in [-0.2, -0.15) is 0 Å². The van der Waals surface area contributed by atoms with Gasteiger partial charge in [-0.3, -0.25) is 0 Å². The highest BCUT2D eigenvalue weighted by atomic mass is 79.9. The molecule has 1 aromatic rings. The van der Waals surface area contributed by atoms with Crippen LogP contribution < -0.4 is 4.90 Å². The van der Waals surface area contributed by atoms with Crippen molar-refractivity contribution >= 4 is 33.2 Å². The first-order valence-corrected chi connectivity index (χ1v) is 8.05. The minimum atomic E-state index is 0.583. The highest BCUT2D eigenvalue weighted by Gasteiger charge is 2.30. The van der Waals surface area contributed by atoms with Crippen LogP contribution in [0.3, 0.4) is 0 Å². The Labute approximate surface area is 124 Å². The van der Waals surface area contributed by atoms with Crippen molar-refractivity contribution < 1.29 is 0 Å². The number of benzene rings is 1. The lowest BCUT2D eigenvalue weighted by atomic mass is 10.1. The molecule has 1 aliphatic carbocycles. The maximum atomic E-state index is 6.09. The SMILES string of the molecule is CC(C)CCN(c1ccc(Br)cc1CCl)C1CC1. The summed E-state index contributed by atoms with van der Waals surface area (Å²) in [7, 11) is 0. The number of hydrogen-bond acceptors (Lipinski definition) is 1. The molecule has 0 unspecified atom stereocenters. The summed E-state index contributed by atoms with van der Waals surface area (Å²) in [5.74, 6) is 1.33. The van der Waals surface area contributed by atoms with Crippen LogP contribution in [0.25, 0.3) is 0 Å². The Bertz CT molecular complexity index is 401. The summed E-state index contributed by atoms with van der Waals surface area (Å²) in [5, 5.41) is 0. The first-order chi connectivity index (χ1) is 8.61. The van der Waals surface area contributed by atoms with Gasteiger partial charge in [-0.1, -0.05) is 29.8 Å². The van der Waals surface area contributed by atoms with E-state index in [1.807, 2.05) is 0 Å². The lowest BCUT2D eigenvalue weighted by Gasteiger charge is -2.27. The Morgan fingerprint density at radius 3 is 2.67 bits per heavy atom. The van der Waals surface area contributed by atoms with E-state index in [-0.39, 0.29) is 0 Å². The van der Waals surface area contributed by atoms with Crippen molar-refractivity contribution in [3.63, 3.8) is 0 Å². The number of rotatable bonds is 6. The molecule has 0 aromatic heterocycles. The van der Waals surface area contributed by atoms with Crippen molar-refractivity contribution in [2.24, 2.45) is 5.92 Å². The average Bonchev–Trinajstić information content (AvgIpc) is 3.15. The molecule has 0 saturated heterocycles.